The number of nitrogens with one attached hydrogen (secondary N) is 2. The standard InChI is InChI=1S/C10H19N3O3S/c1-8(2)11-6-9(3)17(14,15)13-7-10-4-5-12-16-10/h4-5,8-9,11,13H,6-7H2,1-3H3. The Morgan fingerprint density at radius 2 is 2.12 bits per heavy atom. The molecule has 0 aliphatic carbocycles. The van der Waals surface area contributed by atoms with Crippen LogP contribution in [0.1, 0.15) is 26.5 Å². The van der Waals surface area contributed by atoms with Crippen molar-refractivity contribution in [1.29, 1.82) is 0 Å². The molecule has 0 amide bonds. The summed E-state index contributed by atoms with van der Waals surface area (Å²) in [6.07, 6.45) is 1.48. The Kier molecular flexibility index (Phi) is 5.10. The van der Waals surface area contributed by atoms with Crippen molar-refractivity contribution in [3.05, 3.63) is 18.0 Å². The van der Waals surface area contributed by atoms with Gasteiger partial charge >= 0.3 is 0 Å². The van der Waals surface area contributed by atoms with E-state index in [4.69, 9.17) is 4.52 Å². The maximum Gasteiger partial charge on any atom is 0.215 e. The zero-order chi connectivity index (χ0) is 12.9. The molecule has 1 unspecified atom stereocenters. The normalized spacial score (nSPS) is 14.1. The van der Waals surface area contributed by atoms with Gasteiger partial charge in [0, 0.05) is 18.7 Å². The number of sulfonamides is 1. The van der Waals surface area contributed by atoms with Crippen molar-refractivity contribution in [3.8, 4) is 0 Å². The molecule has 0 radical (unpaired) electrons. The Morgan fingerprint density at radius 3 is 2.65 bits per heavy atom. The van der Waals surface area contributed by atoms with Crippen LogP contribution in [0.4, 0.5) is 0 Å². The summed E-state index contributed by atoms with van der Waals surface area (Å²) < 4.78 is 30.9. The summed E-state index contributed by atoms with van der Waals surface area (Å²) in [7, 11) is -3.33. The van der Waals surface area contributed by atoms with Crippen molar-refractivity contribution in [2.24, 2.45) is 0 Å². The Balaban J connectivity index is 2.44. The van der Waals surface area contributed by atoms with Gasteiger partial charge in [0.1, 0.15) is 0 Å². The molecule has 1 heterocycles. The second kappa shape index (κ2) is 6.13. The first-order valence-electron chi connectivity index (χ1n) is 5.53. The molecular formula is C10H19N3O3S. The highest BCUT2D eigenvalue weighted by molar-refractivity contribution is 7.90. The lowest BCUT2D eigenvalue weighted by Gasteiger charge is -2.15. The van der Waals surface area contributed by atoms with Crippen LogP contribution < -0.4 is 10.0 Å². The Morgan fingerprint density at radius 1 is 1.41 bits per heavy atom. The molecule has 1 aromatic rings. The molecule has 98 valence electrons. The van der Waals surface area contributed by atoms with Gasteiger partial charge in [-0.2, -0.15) is 0 Å². The van der Waals surface area contributed by atoms with E-state index in [1.807, 2.05) is 13.8 Å². The van der Waals surface area contributed by atoms with Crippen LogP contribution in [-0.4, -0.2) is 31.4 Å². The molecule has 0 spiro atoms. The second-order valence-corrected chi connectivity index (χ2v) is 6.40. The molecule has 0 saturated carbocycles. The van der Waals surface area contributed by atoms with Crippen molar-refractivity contribution in [2.75, 3.05) is 6.54 Å². The van der Waals surface area contributed by atoms with Gasteiger partial charge in [-0.25, -0.2) is 13.1 Å². The molecule has 0 bridgehead atoms. The first kappa shape index (κ1) is 14.1. The van der Waals surface area contributed by atoms with E-state index in [9.17, 15) is 8.42 Å². The summed E-state index contributed by atoms with van der Waals surface area (Å²) in [6.45, 7) is 6.17. The first-order chi connectivity index (χ1) is 7.92. The van der Waals surface area contributed by atoms with E-state index >= 15 is 0 Å². The minimum Gasteiger partial charge on any atom is -0.360 e. The molecule has 0 aliphatic rings. The van der Waals surface area contributed by atoms with E-state index in [0.717, 1.165) is 0 Å². The van der Waals surface area contributed by atoms with Gasteiger partial charge in [-0.3, -0.25) is 0 Å². The van der Waals surface area contributed by atoms with Crippen LogP contribution in [0.25, 0.3) is 0 Å². The maximum absolute atomic E-state index is 11.8. The lowest BCUT2D eigenvalue weighted by atomic mass is 10.3. The van der Waals surface area contributed by atoms with Crippen molar-refractivity contribution < 1.29 is 12.9 Å². The maximum atomic E-state index is 11.8. The highest BCUT2D eigenvalue weighted by Crippen LogP contribution is 2.01. The van der Waals surface area contributed by atoms with Crippen LogP contribution in [0.5, 0.6) is 0 Å². The van der Waals surface area contributed by atoms with Crippen LogP contribution in [0.15, 0.2) is 16.8 Å². The predicted octanol–water partition coefficient (Wildman–Crippen LogP) is 0.480. The topological polar surface area (TPSA) is 84.2 Å². The molecule has 7 heteroatoms. The fraction of sp³-hybridized carbons (Fsp3) is 0.700. The van der Waals surface area contributed by atoms with Crippen LogP contribution >= 0.6 is 0 Å². The highest BCUT2D eigenvalue weighted by Gasteiger charge is 2.20. The molecule has 0 aliphatic heterocycles. The van der Waals surface area contributed by atoms with E-state index < -0.39 is 15.3 Å². The van der Waals surface area contributed by atoms with Crippen molar-refractivity contribution >= 4 is 10.0 Å². The lowest BCUT2D eigenvalue weighted by Crippen LogP contribution is -2.40. The molecule has 0 fully saturated rings. The minimum atomic E-state index is -3.33. The summed E-state index contributed by atoms with van der Waals surface area (Å²) in [6, 6.07) is 1.89. The Bertz CT molecular complexity index is 414. The predicted molar refractivity (Wildman–Crippen MR) is 64.9 cm³/mol. The van der Waals surface area contributed by atoms with Crippen molar-refractivity contribution in [2.45, 2.75) is 38.6 Å². The van der Waals surface area contributed by atoms with Gasteiger partial charge in [0.2, 0.25) is 10.0 Å². The molecule has 0 saturated heterocycles. The van der Waals surface area contributed by atoms with Gasteiger partial charge in [0.15, 0.2) is 5.76 Å². The third-order valence-electron chi connectivity index (χ3n) is 2.28. The van der Waals surface area contributed by atoms with E-state index in [1.165, 1.54) is 6.20 Å². The monoisotopic (exact) mass is 261 g/mol. The van der Waals surface area contributed by atoms with Gasteiger partial charge in [-0.05, 0) is 6.92 Å². The number of hydrogen-bond donors (Lipinski definition) is 2. The summed E-state index contributed by atoms with van der Waals surface area (Å²) in [4.78, 5) is 0. The highest BCUT2D eigenvalue weighted by atomic mass is 32.2. The van der Waals surface area contributed by atoms with Gasteiger partial charge in [-0.1, -0.05) is 19.0 Å². The van der Waals surface area contributed by atoms with Crippen molar-refractivity contribution in [1.82, 2.24) is 15.2 Å². The molecule has 2 N–H and O–H groups in total. The largest absolute Gasteiger partial charge is 0.360 e. The molecule has 6 nitrogen and oxygen atoms in total. The summed E-state index contributed by atoms with van der Waals surface area (Å²) >= 11 is 0. The first-order valence-corrected chi connectivity index (χ1v) is 7.08. The quantitative estimate of drug-likeness (QED) is 0.746. The third-order valence-corrected chi connectivity index (χ3v) is 4.05. The molecule has 1 rings (SSSR count). The fourth-order valence-electron chi connectivity index (χ4n) is 1.16. The molecule has 0 aromatic carbocycles. The SMILES string of the molecule is CC(C)NCC(C)S(=O)(=O)NCc1ccno1. The van der Waals surface area contributed by atoms with Gasteiger partial charge < -0.3 is 9.84 Å². The molecule has 1 atom stereocenters. The van der Waals surface area contributed by atoms with E-state index in [2.05, 4.69) is 15.2 Å². The number of hydrogen-bond acceptors (Lipinski definition) is 5. The summed E-state index contributed by atoms with van der Waals surface area (Å²) in [5.41, 5.74) is 0. The lowest BCUT2D eigenvalue weighted by molar-refractivity contribution is 0.380. The van der Waals surface area contributed by atoms with Gasteiger partial charge in [0.25, 0.3) is 0 Å². The van der Waals surface area contributed by atoms with Crippen LogP contribution in [0.2, 0.25) is 0 Å². The van der Waals surface area contributed by atoms with Gasteiger partial charge in [-0.15, -0.1) is 0 Å². The van der Waals surface area contributed by atoms with E-state index in [1.54, 1.807) is 13.0 Å². The van der Waals surface area contributed by atoms with E-state index in [-0.39, 0.29) is 12.6 Å². The second-order valence-electron chi connectivity index (χ2n) is 4.22. The van der Waals surface area contributed by atoms with Crippen LogP contribution in [0.3, 0.4) is 0 Å². The molecule has 1 aromatic heterocycles. The number of rotatable bonds is 7. The minimum absolute atomic E-state index is 0.133. The third kappa shape index (κ3) is 4.84. The summed E-state index contributed by atoms with van der Waals surface area (Å²) in [5.74, 6) is 0.498. The molecule has 17 heavy (non-hydrogen) atoms. The Hall–Kier alpha value is -0.920. The van der Waals surface area contributed by atoms with Crippen molar-refractivity contribution in [3.63, 3.8) is 0 Å². The molecular weight excluding hydrogens is 242 g/mol. The van der Waals surface area contributed by atoms with E-state index in [0.29, 0.717) is 12.3 Å². The average molecular weight is 261 g/mol. The number of aromatic nitrogens is 1. The smallest absolute Gasteiger partial charge is 0.215 e. The fourth-order valence-corrected chi connectivity index (χ4v) is 2.10. The zero-order valence-electron chi connectivity index (χ0n) is 10.3. The summed E-state index contributed by atoms with van der Waals surface area (Å²) in [5, 5.41) is 6.10. The zero-order valence-corrected chi connectivity index (χ0v) is 11.1. The average Bonchev–Trinajstić information content (AvgIpc) is 2.75. The van der Waals surface area contributed by atoms with Crippen LogP contribution in [-0.2, 0) is 16.6 Å². The van der Waals surface area contributed by atoms with Gasteiger partial charge in [0.05, 0.1) is 18.0 Å². The van der Waals surface area contributed by atoms with Crippen LogP contribution in [0, 0.1) is 0 Å². The number of nitrogens with zero attached hydrogens (tertiary/aromatic N) is 1. The Labute approximate surface area is 102 Å².